The van der Waals surface area contributed by atoms with E-state index < -0.39 is 11.6 Å². The fourth-order valence-corrected chi connectivity index (χ4v) is 5.61. The zero-order chi connectivity index (χ0) is 32.2. The highest BCUT2D eigenvalue weighted by Crippen LogP contribution is 2.33. The molecule has 2 aromatic carbocycles. The Morgan fingerprint density at radius 1 is 1.00 bits per heavy atom. The normalized spacial score (nSPS) is 15.2. The van der Waals surface area contributed by atoms with Crippen LogP contribution in [0, 0.1) is 24.5 Å². The van der Waals surface area contributed by atoms with E-state index >= 15 is 8.78 Å². The average molecular weight is 642 g/mol. The van der Waals surface area contributed by atoms with Crippen LogP contribution in [-0.2, 0) is 11.3 Å². The van der Waals surface area contributed by atoms with E-state index in [0.29, 0.717) is 47.7 Å². The predicted octanol–water partition coefficient (Wildman–Crippen LogP) is 6.16. The Bertz CT molecular complexity index is 1830. The standard InChI is InChI=1S/C35H37F2N7O3/c1-23-17-25(9-10-38-23)40-34-32(46-14-4-11-43-12-15-45-16-13-43)20-39-35(41-34)33-27-5-2-3-6-31(27)44(42-33)21-28-29(36)18-26(19-30(28)37)47-22-24-7-8-24/h2-3,5-6,9-10,17-20,24H,4,7-8,11-16,21-22H2,1H3,(H,38,39,40,41). The topological polar surface area (TPSA) is 99.5 Å². The fraction of sp³-hybridized carbons (Fsp3) is 0.371. The van der Waals surface area contributed by atoms with Crippen molar-refractivity contribution in [3.05, 3.63) is 83.8 Å². The third-order valence-electron chi connectivity index (χ3n) is 8.37. The van der Waals surface area contributed by atoms with Crippen molar-refractivity contribution in [3.8, 4) is 23.0 Å². The van der Waals surface area contributed by atoms with Gasteiger partial charge in [0.1, 0.15) is 23.1 Å². The Morgan fingerprint density at radius 3 is 2.60 bits per heavy atom. The number of anilines is 2. The summed E-state index contributed by atoms with van der Waals surface area (Å²) in [5.41, 5.74) is 2.73. The lowest BCUT2D eigenvalue weighted by atomic mass is 10.1. The molecular formula is C35H37F2N7O3. The third-order valence-corrected chi connectivity index (χ3v) is 8.37. The lowest BCUT2D eigenvalue weighted by Crippen LogP contribution is -2.37. The molecule has 1 aliphatic carbocycles. The quantitative estimate of drug-likeness (QED) is 0.152. The molecule has 0 atom stereocenters. The third kappa shape index (κ3) is 7.50. The van der Waals surface area contributed by atoms with E-state index in [2.05, 4.69) is 20.2 Å². The molecule has 1 aliphatic heterocycles. The van der Waals surface area contributed by atoms with Gasteiger partial charge in [0, 0.05) is 60.3 Å². The van der Waals surface area contributed by atoms with Crippen LogP contribution >= 0.6 is 0 Å². The Hall–Kier alpha value is -4.68. The summed E-state index contributed by atoms with van der Waals surface area (Å²) in [4.78, 5) is 16.1. The summed E-state index contributed by atoms with van der Waals surface area (Å²) in [5.74, 6) is 0.639. The van der Waals surface area contributed by atoms with Crippen molar-refractivity contribution in [1.29, 1.82) is 0 Å². The highest BCUT2D eigenvalue weighted by atomic mass is 19.1. The first kappa shape index (κ1) is 30.9. The number of aryl methyl sites for hydroxylation is 1. The van der Waals surface area contributed by atoms with Crippen molar-refractivity contribution in [1.82, 2.24) is 29.6 Å². The smallest absolute Gasteiger partial charge is 0.183 e. The summed E-state index contributed by atoms with van der Waals surface area (Å²) in [6.07, 6.45) is 6.38. The first-order chi connectivity index (χ1) is 23.0. The minimum absolute atomic E-state index is 0.0965. The molecule has 1 saturated carbocycles. The minimum Gasteiger partial charge on any atom is -0.493 e. The van der Waals surface area contributed by atoms with Gasteiger partial charge in [0.05, 0.1) is 44.7 Å². The van der Waals surface area contributed by atoms with Gasteiger partial charge in [0.25, 0.3) is 0 Å². The Balaban J connectivity index is 1.16. The molecule has 0 amide bonds. The molecule has 47 heavy (non-hydrogen) atoms. The summed E-state index contributed by atoms with van der Waals surface area (Å²) >= 11 is 0. The van der Waals surface area contributed by atoms with Crippen molar-refractivity contribution in [3.63, 3.8) is 0 Å². The highest BCUT2D eigenvalue weighted by molar-refractivity contribution is 5.92. The molecular weight excluding hydrogens is 604 g/mol. The number of morpholine rings is 1. The van der Waals surface area contributed by atoms with Crippen molar-refractivity contribution < 1.29 is 23.0 Å². The van der Waals surface area contributed by atoms with Gasteiger partial charge in [-0.1, -0.05) is 18.2 Å². The monoisotopic (exact) mass is 641 g/mol. The number of nitrogens with zero attached hydrogens (tertiary/aromatic N) is 6. The maximum absolute atomic E-state index is 15.2. The summed E-state index contributed by atoms with van der Waals surface area (Å²) in [7, 11) is 0. The van der Waals surface area contributed by atoms with Gasteiger partial charge in [-0.15, -0.1) is 0 Å². The molecule has 2 aliphatic rings. The minimum atomic E-state index is -0.678. The highest BCUT2D eigenvalue weighted by Gasteiger charge is 2.23. The number of hydrogen-bond donors (Lipinski definition) is 1. The van der Waals surface area contributed by atoms with Crippen molar-refractivity contribution in [2.75, 3.05) is 51.4 Å². The number of para-hydroxylation sites is 1. The molecule has 0 radical (unpaired) electrons. The maximum atomic E-state index is 15.2. The number of pyridine rings is 1. The number of rotatable bonds is 13. The van der Waals surface area contributed by atoms with Gasteiger partial charge in [-0.2, -0.15) is 5.10 Å². The number of fused-ring (bicyclic) bond motifs is 1. The molecule has 7 rings (SSSR count). The Labute approximate surface area is 271 Å². The molecule has 3 aromatic heterocycles. The number of benzene rings is 2. The summed E-state index contributed by atoms with van der Waals surface area (Å²) in [5, 5.41) is 8.89. The van der Waals surface area contributed by atoms with Gasteiger partial charge in [0.15, 0.2) is 17.4 Å². The first-order valence-corrected chi connectivity index (χ1v) is 16.1. The van der Waals surface area contributed by atoms with E-state index in [9.17, 15) is 0 Å². The van der Waals surface area contributed by atoms with E-state index in [1.165, 1.54) is 12.1 Å². The largest absolute Gasteiger partial charge is 0.493 e. The zero-order valence-electron chi connectivity index (χ0n) is 26.3. The second kappa shape index (κ2) is 14.0. The van der Waals surface area contributed by atoms with Gasteiger partial charge < -0.3 is 19.5 Å². The summed E-state index contributed by atoms with van der Waals surface area (Å²) in [6.45, 7) is 7.03. The molecule has 0 bridgehead atoms. The SMILES string of the molecule is Cc1cc(Nc2nc(-c3nn(Cc4c(F)cc(OCC5CC5)cc4F)c4ccccc34)ncc2OCCCN2CCOCC2)ccn1. The Morgan fingerprint density at radius 2 is 1.81 bits per heavy atom. The second-order valence-corrected chi connectivity index (χ2v) is 12.0. The van der Waals surface area contributed by atoms with Gasteiger partial charge in [-0.25, -0.2) is 18.7 Å². The molecule has 0 spiro atoms. The van der Waals surface area contributed by atoms with Crippen LogP contribution in [0.3, 0.4) is 0 Å². The molecule has 10 nitrogen and oxygen atoms in total. The first-order valence-electron chi connectivity index (χ1n) is 16.1. The molecule has 0 unspecified atom stereocenters. The van der Waals surface area contributed by atoms with Gasteiger partial charge >= 0.3 is 0 Å². The van der Waals surface area contributed by atoms with Crippen LogP contribution in [0.25, 0.3) is 22.4 Å². The van der Waals surface area contributed by atoms with E-state index in [1.54, 1.807) is 17.1 Å². The van der Waals surface area contributed by atoms with Gasteiger partial charge in [0.2, 0.25) is 0 Å². The van der Waals surface area contributed by atoms with E-state index in [1.807, 2.05) is 43.3 Å². The van der Waals surface area contributed by atoms with Crippen LogP contribution in [0.15, 0.2) is 60.9 Å². The number of halogens is 2. The number of aromatic nitrogens is 5. The molecule has 4 heterocycles. The lowest BCUT2D eigenvalue weighted by molar-refractivity contribution is 0.0358. The second-order valence-electron chi connectivity index (χ2n) is 12.0. The molecule has 5 aromatic rings. The van der Waals surface area contributed by atoms with Crippen LogP contribution in [0.4, 0.5) is 20.3 Å². The van der Waals surface area contributed by atoms with Crippen molar-refractivity contribution in [2.24, 2.45) is 5.92 Å². The summed E-state index contributed by atoms with van der Waals surface area (Å²) < 4.78 is 49.2. The van der Waals surface area contributed by atoms with Crippen LogP contribution in [-0.4, -0.2) is 75.7 Å². The zero-order valence-corrected chi connectivity index (χ0v) is 26.3. The lowest BCUT2D eigenvalue weighted by Gasteiger charge is -2.26. The van der Waals surface area contributed by atoms with Gasteiger partial charge in [-0.3, -0.25) is 14.6 Å². The number of ether oxygens (including phenoxy) is 3. The van der Waals surface area contributed by atoms with Crippen molar-refractivity contribution in [2.45, 2.75) is 32.7 Å². The fourth-order valence-electron chi connectivity index (χ4n) is 5.61. The van der Waals surface area contributed by atoms with E-state index in [0.717, 1.165) is 68.9 Å². The predicted molar refractivity (Wildman–Crippen MR) is 174 cm³/mol. The molecule has 244 valence electrons. The number of hydrogen-bond acceptors (Lipinski definition) is 9. The van der Waals surface area contributed by atoms with E-state index in [-0.39, 0.29) is 17.9 Å². The maximum Gasteiger partial charge on any atom is 0.183 e. The Kier molecular flexibility index (Phi) is 9.20. The van der Waals surface area contributed by atoms with Crippen LogP contribution < -0.4 is 14.8 Å². The molecule has 12 heteroatoms. The molecule has 1 N–H and O–H groups in total. The van der Waals surface area contributed by atoms with Crippen molar-refractivity contribution >= 4 is 22.4 Å². The summed E-state index contributed by atoms with van der Waals surface area (Å²) in [6, 6.07) is 13.8. The molecule has 1 saturated heterocycles. The average Bonchev–Trinajstić information content (AvgIpc) is 3.84. The van der Waals surface area contributed by atoms with Gasteiger partial charge in [-0.05, 0) is 50.3 Å². The number of nitrogens with one attached hydrogen (secondary N) is 1. The van der Waals surface area contributed by atoms with Crippen LogP contribution in [0.1, 0.15) is 30.5 Å². The molecule has 2 fully saturated rings. The van der Waals surface area contributed by atoms with E-state index in [4.69, 9.17) is 24.3 Å². The van der Waals surface area contributed by atoms with Crippen LogP contribution in [0.5, 0.6) is 11.5 Å². The van der Waals surface area contributed by atoms with Crippen LogP contribution in [0.2, 0.25) is 0 Å².